The van der Waals surface area contributed by atoms with Crippen molar-refractivity contribution in [1.82, 2.24) is 19.5 Å². The van der Waals surface area contributed by atoms with E-state index in [0.717, 1.165) is 4.68 Å². The molecule has 0 saturated heterocycles. The van der Waals surface area contributed by atoms with Gasteiger partial charge in [0.05, 0.1) is 5.54 Å². The maximum Gasteiger partial charge on any atom is 0.350 e. The minimum atomic E-state index is -0.500. The zero-order valence-corrected chi connectivity index (χ0v) is 13.8. The number of nitrogens with two attached hydrogens (primary N) is 1. The van der Waals surface area contributed by atoms with Gasteiger partial charge in [0.1, 0.15) is 6.54 Å². The number of hydrogen-bond donors (Lipinski definition) is 2. The summed E-state index contributed by atoms with van der Waals surface area (Å²) in [7, 11) is 0. The van der Waals surface area contributed by atoms with Crippen molar-refractivity contribution in [2.45, 2.75) is 32.9 Å². The van der Waals surface area contributed by atoms with Crippen LogP contribution in [0.15, 0.2) is 29.2 Å². The molecule has 0 bridgehead atoms. The fourth-order valence-electron chi connectivity index (χ4n) is 2.00. The summed E-state index contributed by atoms with van der Waals surface area (Å²) in [5, 5.41) is 7.02. The van der Waals surface area contributed by atoms with E-state index in [1.807, 2.05) is 20.8 Å². The first-order valence-corrected chi connectivity index (χ1v) is 6.92. The molecule has 1 atom stereocenters. The Hall–Kier alpha value is -1.86. The van der Waals surface area contributed by atoms with E-state index in [0.29, 0.717) is 12.2 Å². The molecular weight excluding hydrogens is 306 g/mol. The minimum Gasteiger partial charge on any atom is -0.348 e. The van der Waals surface area contributed by atoms with Crippen molar-refractivity contribution in [2.24, 2.45) is 11.7 Å². The van der Waals surface area contributed by atoms with Crippen molar-refractivity contribution in [3.8, 4) is 0 Å². The molecule has 0 radical (unpaired) electrons. The quantitative estimate of drug-likeness (QED) is 0.831. The van der Waals surface area contributed by atoms with Crippen molar-refractivity contribution in [2.75, 3.05) is 6.54 Å². The summed E-state index contributed by atoms with van der Waals surface area (Å²) in [4.78, 5) is 24.2. The van der Waals surface area contributed by atoms with E-state index in [1.54, 1.807) is 24.4 Å². The normalized spacial score (nSPS) is 13.7. The highest BCUT2D eigenvalue weighted by molar-refractivity contribution is 5.85. The summed E-state index contributed by atoms with van der Waals surface area (Å²) in [5.74, 6) is -0.0913. The molecule has 122 valence electrons. The smallest absolute Gasteiger partial charge is 0.348 e. The molecule has 0 aliphatic carbocycles. The van der Waals surface area contributed by atoms with E-state index < -0.39 is 5.54 Å². The maximum absolute atomic E-state index is 12.1. The highest BCUT2D eigenvalue weighted by atomic mass is 35.5. The van der Waals surface area contributed by atoms with Gasteiger partial charge in [0.15, 0.2) is 5.65 Å². The number of nitrogens with one attached hydrogen (secondary N) is 1. The second-order valence-electron chi connectivity index (χ2n) is 5.69. The van der Waals surface area contributed by atoms with Crippen LogP contribution in [0.4, 0.5) is 0 Å². The van der Waals surface area contributed by atoms with Crippen LogP contribution >= 0.6 is 12.4 Å². The van der Waals surface area contributed by atoms with Crippen LogP contribution in [-0.4, -0.2) is 32.2 Å². The van der Waals surface area contributed by atoms with Crippen LogP contribution in [0.2, 0.25) is 0 Å². The van der Waals surface area contributed by atoms with E-state index in [2.05, 4.69) is 10.4 Å². The number of halogens is 1. The summed E-state index contributed by atoms with van der Waals surface area (Å²) >= 11 is 0. The van der Waals surface area contributed by atoms with Gasteiger partial charge >= 0.3 is 5.69 Å². The summed E-state index contributed by atoms with van der Waals surface area (Å²) in [6.07, 6.45) is 1.62. The lowest BCUT2D eigenvalue weighted by molar-refractivity contribution is -0.124. The predicted octanol–water partition coefficient (Wildman–Crippen LogP) is 0.407. The summed E-state index contributed by atoms with van der Waals surface area (Å²) in [6, 6.07) is 5.25. The maximum atomic E-state index is 12.1. The van der Waals surface area contributed by atoms with Crippen LogP contribution in [0.25, 0.3) is 5.65 Å². The largest absolute Gasteiger partial charge is 0.350 e. The molecule has 2 aromatic rings. The first-order chi connectivity index (χ1) is 9.87. The van der Waals surface area contributed by atoms with Gasteiger partial charge in [-0.05, 0) is 25.0 Å². The van der Waals surface area contributed by atoms with Gasteiger partial charge in [-0.2, -0.15) is 0 Å². The lowest BCUT2D eigenvalue weighted by atomic mass is 9.88. The fourth-order valence-corrected chi connectivity index (χ4v) is 2.00. The van der Waals surface area contributed by atoms with Crippen molar-refractivity contribution in [1.29, 1.82) is 0 Å². The standard InChI is InChI=1S/C14H21N5O2.ClH/c1-10(2)14(3,9-15)16-12(20)8-19-13(21)18-7-5-4-6-11(18)17-19;/h4-7,10H,8-9,15H2,1-3H3,(H,16,20);1H. The van der Waals surface area contributed by atoms with E-state index in [4.69, 9.17) is 5.73 Å². The number of pyridine rings is 1. The minimum absolute atomic E-state index is 0. The molecule has 0 fully saturated rings. The first-order valence-electron chi connectivity index (χ1n) is 6.92. The SMILES string of the molecule is CC(C)C(C)(CN)NC(=O)Cn1nc2ccccn2c1=O.Cl. The van der Waals surface area contributed by atoms with Gasteiger partial charge in [0.25, 0.3) is 0 Å². The third-order valence-electron chi connectivity index (χ3n) is 3.91. The summed E-state index contributed by atoms with van der Waals surface area (Å²) in [6.45, 7) is 6.08. The van der Waals surface area contributed by atoms with Crippen LogP contribution in [0.3, 0.4) is 0 Å². The van der Waals surface area contributed by atoms with Gasteiger partial charge in [0.2, 0.25) is 5.91 Å². The molecule has 1 unspecified atom stereocenters. The van der Waals surface area contributed by atoms with E-state index >= 15 is 0 Å². The van der Waals surface area contributed by atoms with Crippen molar-refractivity contribution in [3.05, 3.63) is 34.9 Å². The number of rotatable bonds is 5. The molecule has 2 heterocycles. The monoisotopic (exact) mass is 327 g/mol. The Morgan fingerprint density at radius 3 is 2.68 bits per heavy atom. The molecule has 7 nitrogen and oxygen atoms in total. The third-order valence-corrected chi connectivity index (χ3v) is 3.91. The van der Waals surface area contributed by atoms with Gasteiger partial charge in [0, 0.05) is 12.7 Å². The lowest BCUT2D eigenvalue weighted by Crippen LogP contribution is -2.56. The van der Waals surface area contributed by atoms with Crippen molar-refractivity contribution in [3.63, 3.8) is 0 Å². The zero-order valence-electron chi connectivity index (χ0n) is 12.9. The van der Waals surface area contributed by atoms with Gasteiger partial charge in [-0.15, -0.1) is 17.5 Å². The van der Waals surface area contributed by atoms with Gasteiger partial charge in [-0.1, -0.05) is 19.9 Å². The Balaban J connectivity index is 0.00000242. The molecule has 2 rings (SSSR count). The van der Waals surface area contributed by atoms with Gasteiger partial charge < -0.3 is 11.1 Å². The van der Waals surface area contributed by atoms with Crippen LogP contribution in [0.1, 0.15) is 20.8 Å². The van der Waals surface area contributed by atoms with E-state index in [-0.39, 0.29) is 36.5 Å². The Bertz CT molecular complexity index is 709. The second-order valence-corrected chi connectivity index (χ2v) is 5.69. The molecule has 8 heteroatoms. The van der Waals surface area contributed by atoms with Crippen LogP contribution in [0, 0.1) is 5.92 Å². The average Bonchev–Trinajstić information content (AvgIpc) is 2.75. The number of carbonyl (C=O) groups is 1. The number of fused-ring (bicyclic) bond motifs is 1. The third kappa shape index (κ3) is 3.48. The molecule has 3 N–H and O–H groups in total. The summed E-state index contributed by atoms with van der Waals surface area (Å²) in [5.41, 5.74) is 5.42. The summed E-state index contributed by atoms with van der Waals surface area (Å²) < 4.78 is 2.56. The molecular formula is C14H22ClN5O2. The molecule has 2 aromatic heterocycles. The molecule has 0 spiro atoms. The van der Waals surface area contributed by atoms with E-state index in [1.165, 1.54) is 4.40 Å². The zero-order chi connectivity index (χ0) is 15.6. The van der Waals surface area contributed by atoms with Crippen LogP contribution in [-0.2, 0) is 11.3 Å². The number of carbonyl (C=O) groups excluding carboxylic acids is 1. The fraction of sp³-hybridized carbons (Fsp3) is 0.500. The Morgan fingerprint density at radius 2 is 2.14 bits per heavy atom. The predicted molar refractivity (Wildman–Crippen MR) is 87.1 cm³/mol. The molecule has 0 saturated carbocycles. The highest BCUT2D eigenvalue weighted by Gasteiger charge is 2.28. The van der Waals surface area contributed by atoms with Crippen LogP contribution < -0.4 is 16.7 Å². The Morgan fingerprint density at radius 1 is 1.45 bits per heavy atom. The molecule has 0 aliphatic rings. The molecule has 1 amide bonds. The molecule has 0 aromatic carbocycles. The topological polar surface area (TPSA) is 94.4 Å². The Kier molecular flexibility index (Phi) is 5.73. The number of nitrogens with zero attached hydrogens (tertiary/aromatic N) is 3. The number of hydrogen-bond acceptors (Lipinski definition) is 4. The van der Waals surface area contributed by atoms with Gasteiger partial charge in [-0.25, -0.2) is 9.48 Å². The van der Waals surface area contributed by atoms with Gasteiger partial charge in [-0.3, -0.25) is 9.20 Å². The Labute approximate surface area is 134 Å². The second kappa shape index (κ2) is 6.93. The highest BCUT2D eigenvalue weighted by Crippen LogP contribution is 2.14. The number of aromatic nitrogens is 3. The van der Waals surface area contributed by atoms with Crippen molar-refractivity contribution >= 4 is 24.0 Å². The molecule has 0 aliphatic heterocycles. The van der Waals surface area contributed by atoms with E-state index in [9.17, 15) is 9.59 Å². The lowest BCUT2D eigenvalue weighted by Gasteiger charge is -2.33. The first kappa shape index (κ1) is 18.2. The number of amides is 1. The average molecular weight is 328 g/mol. The molecule has 22 heavy (non-hydrogen) atoms. The van der Waals surface area contributed by atoms with Crippen molar-refractivity contribution < 1.29 is 4.79 Å². The van der Waals surface area contributed by atoms with Crippen LogP contribution in [0.5, 0.6) is 0 Å².